The molecule has 1 aromatic carbocycles. The highest BCUT2D eigenvalue weighted by molar-refractivity contribution is 9.10. The summed E-state index contributed by atoms with van der Waals surface area (Å²) in [7, 11) is 0. The van der Waals surface area contributed by atoms with Crippen molar-refractivity contribution in [2.24, 2.45) is 0 Å². The lowest BCUT2D eigenvalue weighted by Crippen LogP contribution is -2.36. The molecule has 0 saturated carbocycles. The second-order valence-electron chi connectivity index (χ2n) is 6.54. The number of halogens is 1. The van der Waals surface area contributed by atoms with Crippen molar-refractivity contribution in [3.05, 3.63) is 28.2 Å². The maximum absolute atomic E-state index is 12.0. The number of rotatable bonds is 2. The van der Waals surface area contributed by atoms with Crippen LogP contribution in [0.1, 0.15) is 32.8 Å². The van der Waals surface area contributed by atoms with Gasteiger partial charge in [-0.15, -0.1) is 0 Å². The van der Waals surface area contributed by atoms with Gasteiger partial charge in [0.25, 0.3) is 0 Å². The van der Waals surface area contributed by atoms with Gasteiger partial charge >= 0.3 is 6.09 Å². The van der Waals surface area contributed by atoms with Crippen molar-refractivity contribution < 1.29 is 9.53 Å². The SMILES string of the molecule is Cc1ccc(Br)c(NC2CCN(C(=O)OC(C)(C)C)C2)c1. The molecular formula is C16H23BrN2O2. The number of aryl methyl sites for hydroxylation is 1. The zero-order valence-corrected chi connectivity index (χ0v) is 14.7. The van der Waals surface area contributed by atoms with Crippen molar-refractivity contribution in [2.75, 3.05) is 18.4 Å². The molecule has 21 heavy (non-hydrogen) atoms. The summed E-state index contributed by atoms with van der Waals surface area (Å²) in [5.74, 6) is 0. The van der Waals surface area contributed by atoms with Gasteiger partial charge in [0.05, 0.1) is 0 Å². The topological polar surface area (TPSA) is 41.6 Å². The Morgan fingerprint density at radius 1 is 1.43 bits per heavy atom. The Morgan fingerprint density at radius 3 is 2.81 bits per heavy atom. The summed E-state index contributed by atoms with van der Waals surface area (Å²) < 4.78 is 6.46. The number of likely N-dealkylation sites (tertiary alicyclic amines) is 1. The Balaban J connectivity index is 1.93. The van der Waals surface area contributed by atoms with Crippen LogP contribution in [0.4, 0.5) is 10.5 Å². The summed E-state index contributed by atoms with van der Waals surface area (Å²) in [6.45, 7) is 9.15. The van der Waals surface area contributed by atoms with Crippen LogP contribution in [0, 0.1) is 6.92 Å². The van der Waals surface area contributed by atoms with Crippen LogP contribution in [0.25, 0.3) is 0 Å². The van der Waals surface area contributed by atoms with Gasteiger partial charge in [-0.2, -0.15) is 0 Å². The van der Waals surface area contributed by atoms with Gasteiger partial charge in [0.2, 0.25) is 0 Å². The van der Waals surface area contributed by atoms with Crippen LogP contribution >= 0.6 is 15.9 Å². The molecule has 0 spiro atoms. The molecule has 5 heteroatoms. The van der Waals surface area contributed by atoms with Crippen molar-refractivity contribution in [1.29, 1.82) is 0 Å². The molecule has 1 fully saturated rings. The van der Waals surface area contributed by atoms with E-state index < -0.39 is 5.60 Å². The van der Waals surface area contributed by atoms with Gasteiger partial charge in [-0.25, -0.2) is 4.79 Å². The van der Waals surface area contributed by atoms with Gasteiger partial charge < -0.3 is 15.0 Å². The molecule has 4 nitrogen and oxygen atoms in total. The first-order valence-corrected chi connectivity index (χ1v) is 8.04. The molecule has 1 N–H and O–H groups in total. The first-order valence-electron chi connectivity index (χ1n) is 7.25. The molecular weight excluding hydrogens is 332 g/mol. The number of amides is 1. The van der Waals surface area contributed by atoms with E-state index in [-0.39, 0.29) is 12.1 Å². The van der Waals surface area contributed by atoms with Gasteiger partial charge in [-0.1, -0.05) is 6.07 Å². The highest BCUT2D eigenvalue weighted by Gasteiger charge is 2.29. The number of benzene rings is 1. The maximum Gasteiger partial charge on any atom is 0.410 e. The third-order valence-electron chi connectivity index (χ3n) is 3.32. The molecule has 116 valence electrons. The van der Waals surface area contributed by atoms with E-state index in [2.05, 4.69) is 40.3 Å². The maximum atomic E-state index is 12.0. The molecule has 1 amide bonds. The van der Waals surface area contributed by atoms with Crippen LogP contribution < -0.4 is 5.32 Å². The van der Waals surface area contributed by atoms with E-state index in [0.29, 0.717) is 6.54 Å². The average molecular weight is 355 g/mol. The van der Waals surface area contributed by atoms with E-state index in [1.54, 1.807) is 4.90 Å². The molecule has 0 radical (unpaired) electrons. The largest absolute Gasteiger partial charge is 0.444 e. The number of hydrogen-bond acceptors (Lipinski definition) is 3. The first-order chi connectivity index (χ1) is 9.74. The van der Waals surface area contributed by atoms with E-state index >= 15 is 0 Å². The van der Waals surface area contributed by atoms with Gasteiger partial charge in [0, 0.05) is 29.3 Å². The molecule has 2 rings (SSSR count). The molecule has 1 atom stereocenters. The monoisotopic (exact) mass is 354 g/mol. The number of nitrogens with one attached hydrogen (secondary N) is 1. The minimum Gasteiger partial charge on any atom is -0.444 e. The van der Waals surface area contributed by atoms with Gasteiger partial charge in [0.1, 0.15) is 5.60 Å². The first kappa shape index (κ1) is 16.1. The fourth-order valence-electron chi connectivity index (χ4n) is 2.34. The molecule has 1 unspecified atom stereocenters. The summed E-state index contributed by atoms with van der Waals surface area (Å²) >= 11 is 3.55. The smallest absolute Gasteiger partial charge is 0.410 e. The average Bonchev–Trinajstić information content (AvgIpc) is 2.80. The molecule has 1 aromatic rings. The predicted molar refractivity (Wildman–Crippen MR) is 88.7 cm³/mol. The van der Waals surface area contributed by atoms with Gasteiger partial charge in [0.15, 0.2) is 0 Å². The van der Waals surface area contributed by atoms with E-state index in [1.807, 2.05) is 26.8 Å². The lowest BCUT2D eigenvalue weighted by Gasteiger charge is -2.24. The summed E-state index contributed by atoms with van der Waals surface area (Å²) in [6, 6.07) is 6.48. The standard InChI is InChI=1S/C16H23BrN2O2/c1-11-5-6-13(17)14(9-11)18-12-7-8-19(10-12)15(20)21-16(2,3)4/h5-6,9,12,18H,7-8,10H2,1-4H3. The van der Waals surface area contributed by atoms with Gasteiger partial charge in [-0.05, 0) is 67.7 Å². The number of carbonyl (C=O) groups is 1. The highest BCUT2D eigenvalue weighted by Crippen LogP contribution is 2.26. The van der Waals surface area contributed by atoms with Crippen molar-refractivity contribution in [2.45, 2.75) is 45.8 Å². The van der Waals surface area contributed by atoms with E-state index in [4.69, 9.17) is 4.74 Å². The summed E-state index contributed by atoms with van der Waals surface area (Å²) in [5, 5.41) is 3.50. The lowest BCUT2D eigenvalue weighted by atomic mass is 10.2. The third kappa shape index (κ3) is 4.63. The van der Waals surface area contributed by atoms with Crippen LogP contribution in [0.3, 0.4) is 0 Å². The zero-order valence-electron chi connectivity index (χ0n) is 13.1. The van der Waals surface area contributed by atoms with E-state index in [9.17, 15) is 4.79 Å². The summed E-state index contributed by atoms with van der Waals surface area (Å²) in [4.78, 5) is 13.8. The second-order valence-corrected chi connectivity index (χ2v) is 7.39. The number of carbonyl (C=O) groups excluding carboxylic acids is 1. The Hall–Kier alpha value is -1.23. The molecule has 0 bridgehead atoms. The molecule has 1 saturated heterocycles. The highest BCUT2D eigenvalue weighted by atomic mass is 79.9. The Labute approximate surface area is 135 Å². The molecule has 1 aliphatic rings. The van der Waals surface area contributed by atoms with Gasteiger partial charge in [-0.3, -0.25) is 0 Å². The van der Waals surface area contributed by atoms with Crippen LogP contribution in [-0.4, -0.2) is 35.7 Å². The predicted octanol–water partition coefficient (Wildman–Crippen LogP) is 4.18. The quantitative estimate of drug-likeness (QED) is 0.865. The molecule has 0 aliphatic carbocycles. The normalized spacial score (nSPS) is 18.7. The fraction of sp³-hybridized carbons (Fsp3) is 0.562. The van der Waals surface area contributed by atoms with E-state index in [1.165, 1.54) is 5.56 Å². The lowest BCUT2D eigenvalue weighted by molar-refractivity contribution is 0.0293. The number of anilines is 1. The Morgan fingerprint density at radius 2 is 2.14 bits per heavy atom. The minimum atomic E-state index is -0.442. The summed E-state index contributed by atoms with van der Waals surface area (Å²) in [6.07, 6.45) is 0.703. The van der Waals surface area contributed by atoms with Crippen LogP contribution in [0.5, 0.6) is 0 Å². The minimum absolute atomic E-state index is 0.227. The Bertz CT molecular complexity index is 525. The molecule has 1 heterocycles. The molecule has 0 aromatic heterocycles. The number of nitrogens with zero attached hydrogens (tertiary/aromatic N) is 1. The van der Waals surface area contributed by atoms with Crippen molar-refractivity contribution >= 4 is 27.7 Å². The fourth-order valence-corrected chi connectivity index (χ4v) is 2.70. The second kappa shape index (κ2) is 6.26. The molecule has 1 aliphatic heterocycles. The summed E-state index contributed by atoms with van der Waals surface area (Å²) in [5.41, 5.74) is 1.84. The van der Waals surface area contributed by atoms with E-state index in [0.717, 1.165) is 23.1 Å². The zero-order chi connectivity index (χ0) is 15.6. The number of hydrogen-bond donors (Lipinski definition) is 1. The van der Waals surface area contributed by atoms with Crippen molar-refractivity contribution in [1.82, 2.24) is 4.90 Å². The van der Waals surface area contributed by atoms with Crippen LogP contribution in [0.15, 0.2) is 22.7 Å². The van der Waals surface area contributed by atoms with Crippen molar-refractivity contribution in [3.8, 4) is 0 Å². The third-order valence-corrected chi connectivity index (χ3v) is 4.01. The van der Waals surface area contributed by atoms with Crippen LogP contribution in [-0.2, 0) is 4.74 Å². The van der Waals surface area contributed by atoms with Crippen molar-refractivity contribution in [3.63, 3.8) is 0 Å². The van der Waals surface area contributed by atoms with Crippen LogP contribution in [0.2, 0.25) is 0 Å². The Kier molecular flexibility index (Phi) is 4.81. The number of ether oxygens (including phenoxy) is 1.